The van der Waals surface area contributed by atoms with Gasteiger partial charge in [-0.15, -0.1) is 0 Å². The summed E-state index contributed by atoms with van der Waals surface area (Å²) in [7, 11) is 0. The third-order valence-electron chi connectivity index (χ3n) is 2.87. The Hall–Kier alpha value is -1.73. The van der Waals surface area contributed by atoms with Crippen molar-refractivity contribution in [3.05, 3.63) is 17.3 Å². The number of nitrogens with zero attached hydrogens (tertiary/aromatic N) is 3. The van der Waals surface area contributed by atoms with Crippen LogP contribution >= 0.6 is 0 Å². The van der Waals surface area contributed by atoms with Gasteiger partial charge >= 0.3 is 0 Å². The number of rotatable bonds is 2. The Kier molecular flexibility index (Phi) is 3.18. The molecule has 2 rings (SSSR count). The highest BCUT2D eigenvalue weighted by Crippen LogP contribution is 2.40. The molecule has 0 aliphatic carbocycles. The summed E-state index contributed by atoms with van der Waals surface area (Å²) in [5.41, 5.74) is 16.1. The van der Waals surface area contributed by atoms with Gasteiger partial charge in [0.2, 0.25) is 0 Å². The molecule has 92 valence electrons. The topological polar surface area (TPSA) is 89.6 Å². The zero-order valence-electron chi connectivity index (χ0n) is 9.89. The highest BCUT2D eigenvalue weighted by Gasteiger charge is 2.15. The van der Waals surface area contributed by atoms with E-state index in [2.05, 4.69) is 13.7 Å². The first-order valence-corrected chi connectivity index (χ1v) is 5.89. The van der Waals surface area contributed by atoms with Crippen LogP contribution < -0.4 is 11.5 Å². The SMILES string of the molecule is Cc1cc2c(N)c(N=S)c(C)nc2c(N=S)c1N. The van der Waals surface area contributed by atoms with Crippen LogP contribution in [0.25, 0.3) is 10.9 Å². The van der Waals surface area contributed by atoms with E-state index in [1.54, 1.807) is 6.92 Å². The lowest BCUT2D eigenvalue weighted by Crippen LogP contribution is -1.98. The first-order valence-electron chi connectivity index (χ1n) is 5.16. The molecular weight excluding hydrogens is 266 g/mol. The molecule has 2 aromatic rings. The number of aromatic nitrogens is 1. The van der Waals surface area contributed by atoms with Crippen molar-refractivity contribution in [3.8, 4) is 0 Å². The molecule has 0 saturated carbocycles. The molecule has 7 heteroatoms. The van der Waals surface area contributed by atoms with Gasteiger partial charge in [-0.1, -0.05) is 0 Å². The molecule has 1 aromatic carbocycles. The molecule has 0 bridgehead atoms. The standard InChI is InChI=1S/C11H11N5S2/c1-4-3-6-8(13)9(15-17)5(2)14-10(6)11(16-18)7(4)12/h3H,12H2,1-2H3,(H2,13,14). The summed E-state index contributed by atoms with van der Waals surface area (Å²) in [6.45, 7) is 3.65. The first kappa shape index (κ1) is 12.7. The number of benzene rings is 1. The zero-order valence-corrected chi connectivity index (χ0v) is 11.5. The van der Waals surface area contributed by atoms with Crippen LogP contribution in [0.1, 0.15) is 11.3 Å². The molecule has 5 nitrogen and oxygen atoms in total. The number of anilines is 2. The van der Waals surface area contributed by atoms with E-state index in [1.807, 2.05) is 13.0 Å². The summed E-state index contributed by atoms with van der Waals surface area (Å²) in [6.07, 6.45) is 0. The van der Waals surface area contributed by atoms with Gasteiger partial charge in [0.15, 0.2) is 0 Å². The first-order chi connectivity index (χ1) is 8.51. The third kappa shape index (κ3) is 1.72. The number of fused-ring (bicyclic) bond motifs is 1. The van der Waals surface area contributed by atoms with E-state index in [9.17, 15) is 0 Å². The van der Waals surface area contributed by atoms with E-state index in [-0.39, 0.29) is 0 Å². The summed E-state index contributed by atoms with van der Waals surface area (Å²) < 4.78 is 7.52. The average Bonchev–Trinajstić information content (AvgIpc) is 2.33. The van der Waals surface area contributed by atoms with Crippen LogP contribution in [0, 0.1) is 13.8 Å². The van der Waals surface area contributed by atoms with Crippen molar-refractivity contribution >= 4 is 58.5 Å². The van der Waals surface area contributed by atoms with Crippen LogP contribution in [-0.2, 0) is 24.9 Å². The second kappa shape index (κ2) is 4.51. The average molecular weight is 277 g/mol. The molecule has 0 saturated heterocycles. The highest BCUT2D eigenvalue weighted by molar-refractivity contribution is 7.47. The zero-order chi connectivity index (χ0) is 13.4. The van der Waals surface area contributed by atoms with Crippen LogP contribution in [0.2, 0.25) is 0 Å². The lowest BCUT2D eigenvalue weighted by atomic mass is 10.0. The van der Waals surface area contributed by atoms with Gasteiger partial charge in [-0.25, -0.2) is 4.98 Å². The number of pyridine rings is 1. The predicted molar refractivity (Wildman–Crippen MR) is 78.9 cm³/mol. The Morgan fingerprint density at radius 3 is 2.22 bits per heavy atom. The minimum Gasteiger partial charge on any atom is -0.397 e. The number of hydrogen-bond donors (Lipinski definition) is 2. The molecule has 0 aliphatic rings. The van der Waals surface area contributed by atoms with E-state index < -0.39 is 0 Å². The van der Waals surface area contributed by atoms with Gasteiger partial charge in [0.25, 0.3) is 0 Å². The molecule has 4 N–H and O–H groups in total. The molecule has 0 atom stereocenters. The Balaban J connectivity index is 3.06. The summed E-state index contributed by atoms with van der Waals surface area (Å²) in [6, 6.07) is 1.85. The number of aryl methyl sites for hydroxylation is 2. The largest absolute Gasteiger partial charge is 0.397 e. The second-order valence-corrected chi connectivity index (χ2v) is 4.36. The Morgan fingerprint density at radius 1 is 1.06 bits per heavy atom. The van der Waals surface area contributed by atoms with Crippen LogP contribution in [-0.4, -0.2) is 4.98 Å². The van der Waals surface area contributed by atoms with E-state index in [4.69, 9.17) is 36.3 Å². The molecule has 0 amide bonds. The Labute approximate surface area is 115 Å². The maximum Gasteiger partial charge on any atom is 0.126 e. The van der Waals surface area contributed by atoms with Crippen molar-refractivity contribution in [2.75, 3.05) is 11.5 Å². The van der Waals surface area contributed by atoms with Crippen molar-refractivity contribution in [1.29, 1.82) is 0 Å². The van der Waals surface area contributed by atoms with Gasteiger partial charge in [-0.3, -0.25) is 0 Å². The molecular formula is C11H11N5S2. The van der Waals surface area contributed by atoms with Crippen LogP contribution in [0.3, 0.4) is 0 Å². The van der Waals surface area contributed by atoms with Gasteiger partial charge in [0.1, 0.15) is 16.9 Å². The lowest BCUT2D eigenvalue weighted by Gasteiger charge is -2.12. The van der Waals surface area contributed by atoms with Gasteiger partial charge in [-0.05, 0) is 25.5 Å². The second-order valence-electron chi connectivity index (χ2n) is 3.99. The van der Waals surface area contributed by atoms with Gasteiger partial charge < -0.3 is 11.5 Å². The fourth-order valence-corrected chi connectivity index (χ4v) is 2.29. The summed E-state index contributed by atoms with van der Waals surface area (Å²) >= 11 is 9.47. The van der Waals surface area contributed by atoms with Crippen LogP contribution in [0.15, 0.2) is 14.8 Å². The van der Waals surface area contributed by atoms with Crippen LogP contribution in [0.4, 0.5) is 22.7 Å². The van der Waals surface area contributed by atoms with Crippen molar-refractivity contribution in [2.24, 2.45) is 8.73 Å². The Morgan fingerprint density at radius 2 is 1.67 bits per heavy atom. The Bertz CT molecular complexity index is 681. The summed E-state index contributed by atoms with van der Waals surface area (Å²) in [5, 5.41) is 0.722. The summed E-state index contributed by atoms with van der Waals surface area (Å²) in [4.78, 5) is 4.40. The fourth-order valence-electron chi connectivity index (χ4n) is 1.87. The highest BCUT2D eigenvalue weighted by atomic mass is 32.1. The monoisotopic (exact) mass is 277 g/mol. The molecule has 0 fully saturated rings. The van der Waals surface area contributed by atoms with E-state index in [0.29, 0.717) is 34.0 Å². The van der Waals surface area contributed by atoms with Gasteiger partial charge in [-0.2, -0.15) is 8.73 Å². The summed E-state index contributed by atoms with van der Waals surface area (Å²) in [5.74, 6) is 0. The van der Waals surface area contributed by atoms with E-state index in [1.165, 1.54) is 0 Å². The normalized spacial score (nSPS) is 10.6. The minimum atomic E-state index is 0.478. The molecule has 0 radical (unpaired) electrons. The van der Waals surface area contributed by atoms with Crippen molar-refractivity contribution in [3.63, 3.8) is 0 Å². The molecule has 0 spiro atoms. The number of hydrogen-bond acceptors (Lipinski definition) is 7. The fraction of sp³-hybridized carbons (Fsp3) is 0.182. The molecule has 0 unspecified atom stereocenters. The van der Waals surface area contributed by atoms with Crippen LogP contribution in [0.5, 0.6) is 0 Å². The van der Waals surface area contributed by atoms with Gasteiger partial charge in [0, 0.05) is 30.2 Å². The third-order valence-corrected chi connectivity index (χ3v) is 3.24. The van der Waals surface area contributed by atoms with E-state index in [0.717, 1.165) is 10.9 Å². The molecule has 1 aromatic heterocycles. The molecule has 18 heavy (non-hydrogen) atoms. The minimum absolute atomic E-state index is 0.478. The maximum absolute atomic E-state index is 6.06. The van der Waals surface area contributed by atoms with Gasteiger partial charge in [0.05, 0.1) is 17.1 Å². The lowest BCUT2D eigenvalue weighted by molar-refractivity contribution is 1.24. The quantitative estimate of drug-likeness (QED) is 0.824. The van der Waals surface area contributed by atoms with Crippen molar-refractivity contribution in [1.82, 2.24) is 4.98 Å². The van der Waals surface area contributed by atoms with E-state index >= 15 is 0 Å². The predicted octanol–water partition coefficient (Wildman–Crippen LogP) is 2.74. The van der Waals surface area contributed by atoms with Crippen molar-refractivity contribution < 1.29 is 0 Å². The number of nitrogen functional groups attached to an aromatic ring is 2. The maximum atomic E-state index is 6.06. The number of nitrogens with two attached hydrogens (primary N) is 2. The van der Waals surface area contributed by atoms with Crippen molar-refractivity contribution in [2.45, 2.75) is 13.8 Å². The molecule has 0 aliphatic heterocycles. The molecule has 1 heterocycles. The smallest absolute Gasteiger partial charge is 0.126 e.